The molecule has 0 aliphatic rings. The number of carbonyl (C=O) groups excluding carboxylic acids is 2. The average Bonchev–Trinajstić information content (AvgIpc) is 2.41. The zero-order chi connectivity index (χ0) is 17.0. The van der Waals surface area contributed by atoms with E-state index < -0.39 is 0 Å². The van der Waals surface area contributed by atoms with Crippen LogP contribution >= 0.6 is 0 Å². The van der Waals surface area contributed by atoms with Gasteiger partial charge in [-0.2, -0.15) is 0 Å². The molecule has 0 aliphatic heterocycles. The van der Waals surface area contributed by atoms with Crippen LogP contribution in [0.1, 0.15) is 76.7 Å². The molecule has 0 heterocycles. The number of hydrogen-bond acceptors (Lipinski definition) is 2. The summed E-state index contributed by atoms with van der Waals surface area (Å²) in [5, 5.41) is 0. The molecule has 0 N–H and O–H groups in total. The summed E-state index contributed by atoms with van der Waals surface area (Å²) in [6, 6.07) is 7.69. The van der Waals surface area contributed by atoms with Crippen molar-refractivity contribution >= 4 is 11.6 Å². The standard InChI is InChI=1S/C20H30O2/c1-19(2,3)14-13-17(21)12-9-15-7-10-16(11-8-15)18(22)20(4,5)6/h7-8,10-11H,9,12-14H2,1-6H3. The van der Waals surface area contributed by atoms with Gasteiger partial charge in [-0.05, 0) is 23.8 Å². The lowest BCUT2D eigenvalue weighted by Crippen LogP contribution is -2.20. The van der Waals surface area contributed by atoms with Crippen molar-refractivity contribution in [2.45, 2.75) is 67.2 Å². The highest BCUT2D eigenvalue weighted by atomic mass is 16.1. The molecule has 0 radical (unpaired) electrons. The van der Waals surface area contributed by atoms with Gasteiger partial charge >= 0.3 is 0 Å². The van der Waals surface area contributed by atoms with E-state index in [9.17, 15) is 9.59 Å². The SMILES string of the molecule is CC(C)(C)CCC(=O)CCc1ccc(C(=O)C(C)(C)C)cc1. The van der Waals surface area contributed by atoms with E-state index in [0.717, 1.165) is 24.0 Å². The van der Waals surface area contributed by atoms with Crippen LogP contribution < -0.4 is 0 Å². The Kier molecular flexibility index (Phi) is 6.10. The molecule has 0 saturated carbocycles. The van der Waals surface area contributed by atoms with Gasteiger partial charge in [-0.1, -0.05) is 65.8 Å². The summed E-state index contributed by atoms with van der Waals surface area (Å²) < 4.78 is 0. The first kappa shape index (κ1) is 18.6. The highest BCUT2D eigenvalue weighted by Gasteiger charge is 2.22. The predicted octanol–water partition coefficient (Wildman–Crippen LogP) is 5.24. The summed E-state index contributed by atoms with van der Waals surface area (Å²) in [5.74, 6) is 0.477. The third-order valence-corrected chi connectivity index (χ3v) is 3.74. The first-order valence-corrected chi connectivity index (χ1v) is 8.14. The number of hydrogen-bond donors (Lipinski definition) is 0. The van der Waals surface area contributed by atoms with Gasteiger partial charge in [0.25, 0.3) is 0 Å². The summed E-state index contributed by atoms with van der Waals surface area (Å²) in [4.78, 5) is 24.1. The van der Waals surface area contributed by atoms with Crippen molar-refractivity contribution in [2.24, 2.45) is 10.8 Å². The Morgan fingerprint density at radius 2 is 1.41 bits per heavy atom. The average molecular weight is 302 g/mol. The third-order valence-electron chi connectivity index (χ3n) is 3.74. The zero-order valence-electron chi connectivity index (χ0n) is 15.0. The van der Waals surface area contributed by atoms with Crippen molar-refractivity contribution in [1.29, 1.82) is 0 Å². The molecule has 2 nitrogen and oxygen atoms in total. The van der Waals surface area contributed by atoms with E-state index in [1.807, 2.05) is 45.0 Å². The van der Waals surface area contributed by atoms with Crippen LogP contribution in [-0.2, 0) is 11.2 Å². The van der Waals surface area contributed by atoms with Crippen LogP contribution in [0.3, 0.4) is 0 Å². The quantitative estimate of drug-likeness (QED) is 0.673. The van der Waals surface area contributed by atoms with Gasteiger partial charge in [-0.25, -0.2) is 0 Å². The first-order valence-electron chi connectivity index (χ1n) is 8.14. The molecule has 0 spiro atoms. The number of Topliss-reactive ketones (excluding diaryl/α,β-unsaturated/α-hetero) is 2. The van der Waals surface area contributed by atoms with Crippen molar-refractivity contribution in [2.75, 3.05) is 0 Å². The summed E-state index contributed by atoms with van der Waals surface area (Å²) in [7, 11) is 0. The molecule has 0 bridgehead atoms. The molecule has 0 unspecified atom stereocenters. The van der Waals surface area contributed by atoms with Crippen molar-refractivity contribution in [3.05, 3.63) is 35.4 Å². The Balaban J connectivity index is 2.52. The van der Waals surface area contributed by atoms with Gasteiger partial charge < -0.3 is 0 Å². The maximum Gasteiger partial charge on any atom is 0.168 e. The Labute approximate surface area is 135 Å². The molecule has 22 heavy (non-hydrogen) atoms. The van der Waals surface area contributed by atoms with Gasteiger partial charge in [-0.3, -0.25) is 9.59 Å². The van der Waals surface area contributed by atoms with Gasteiger partial charge in [0.05, 0.1) is 0 Å². The second kappa shape index (κ2) is 7.21. The van der Waals surface area contributed by atoms with E-state index in [2.05, 4.69) is 20.8 Å². The normalized spacial score (nSPS) is 12.3. The summed E-state index contributed by atoms with van der Waals surface area (Å²) in [5.41, 5.74) is 1.72. The smallest absolute Gasteiger partial charge is 0.168 e. The Morgan fingerprint density at radius 1 is 0.864 bits per heavy atom. The van der Waals surface area contributed by atoms with Crippen LogP contribution in [-0.4, -0.2) is 11.6 Å². The van der Waals surface area contributed by atoms with Crippen molar-refractivity contribution in [3.63, 3.8) is 0 Å². The van der Waals surface area contributed by atoms with E-state index in [1.165, 1.54) is 0 Å². The molecule has 0 fully saturated rings. The van der Waals surface area contributed by atoms with Gasteiger partial charge in [0.2, 0.25) is 0 Å². The van der Waals surface area contributed by atoms with Crippen LogP contribution in [0, 0.1) is 10.8 Å². The van der Waals surface area contributed by atoms with Gasteiger partial charge in [-0.15, -0.1) is 0 Å². The molecule has 1 aromatic carbocycles. The fraction of sp³-hybridized carbons (Fsp3) is 0.600. The number of carbonyl (C=O) groups is 2. The fourth-order valence-corrected chi connectivity index (χ4v) is 2.18. The molecule has 2 heteroatoms. The number of benzene rings is 1. The van der Waals surface area contributed by atoms with Crippen LogP contribution in [0.25, 0.3) is 0 Å². The van der Waals surface area contributed by atoms with Crippen LogP contribution in [0.2, 0.25) is 0 Å². The molecule has 1 aromatic rings. The highest BCUT2D eigenvalue weighted by molar-refractivity contribution is 5.99. The molecular weight excluding hydrogens is 272 g/mol. The lowest BCUT2D eigenvalue weighted by molar-refractivity contribution is -0.119. The van der Waals surface area contributed by atoms with E-state index in [4.69, 9.17) is 0 Å². The molecule has 1 rings (SSSR count). The van der Waals surface area contributed by atoms with E-state index in [1.54, 1.807) is 0 Å². The number of aryl methyl sites for hydroxylation is 1. The van der Waals surface area contributed by atoms with E-state index in [-0.39, 0.29) is 16.6 Å². The van der Waals surface area contributed by atoms with Crippen LogP contribution in [0.15, 0.2) is 24.3 Å². The predicted molar refractivity (Wildman–Crippen MR) is 92.2 cm³/mol. The number of rotatable bonds is 6. The van der Waals surface area contributed by atoms with Crippen molar-refractivity contribution in [1.82, 2.24) is 0 Å². The molecular formula is C20H30O2. The summed E-state index contributed by atoms with van der Waals surface area (Å²) >= 11 is 0. The molecule has 122 valence electrons. The second-order valence-corrected chi connectivity index (χ2v) is 8.38. The molecule has 0 aromatic heterocycles. The van der Waals surface area contributed by atoms with Crippen molar-refractivity contribution < 1.29 is 9.59 Å². The zero-order valence-corrected chi connectivity index (χ0v) is 15.0. The second-order valence-electron chi connectivity index (χ2n) is 8.38. The largest absolute Gasteiger partial charge is 0.300 e. The molecule has 0 atom stereocenters. The summed E-state index contributed by atoms with van der Waals surface area (Å²) in [6.07, 6.45) is 2.94. The fourth-order valence-electron chi connectivity index (χ4n) is 2.18. The summed E-state index contributed by atoms with van der Waals surface area (Å²) in [6.45, 7) is 12.3. The molecule has 0 amide bonds. The molecule has 0 saturated heterocycles. The topological polar surface area (TPSA) is 34.1 Å². The van der Waals surface area contributed by atoms with Gasteiger partial charge in [0, 0.05) is 23.8 Å². The Bertz CT molecular complexity index is 510. The Hall–Kier alpha value is -1.44. The highest BCUT2D eigenvalue weighted by Crippen LogP contribution is 2.22. The van der Waals surface area contributed by atoms with Crippen molar-refractivity contribution in [3.8, 4) is 0 Å². The first-order chi connectivity index (χ1) is 9.99. The maximum absolute atomic E-state index is 12.2. The Morgan fingerprint density at radius 3 is 1.86 bits per heavy atom. The van der Waals surface area contributed by atoms with Crippen LogP contribution in [0.4, 0.5) is 0 Å². The van der Waals surface area contributed by atoms with Crippen LogP contribution in [0.5, 0.6) is 0 Å². The lowest BCUT2D eigenvalue weighted by atomic mass is 9.86. The van der Waals surface area contributed by atoms with E-state index >= 15 is 0 Å². The van der Waals surface area contributed by atoms with E-state index in [0.29, 0.717) is 18.6 Å². The number of ketones is 2. The molecule has 0 aliphatic carbocycles. The minimum absolute atomic E-state index is 0.153. The minimum atomic E-state index is -0.357. The minimum Gasteiger partial charge on any atom is -0.300 e. The monoisotopic (exact) mass is 302 g/mol. The van der Waals surface area contributed by atoms with Gasteiger partial charge in [0.1, 0.15) is 5.78 Å². The van der Waals surface area contributed by atoms with Gasteiger partial charge in [0.15, 0.2) is 5.78 Å². The maximum atomic E-state index is 12.2. The lowest BCUT2D eigenvalue weighted by Gasteiger charge is -2.17. The third kappa shape index (κ3) is 6.55.